The van der Waals surface area contributed by atoms with E-state index in [4.69, 9.17) is 11.6 Å². The van der Waals surface area contributed by atoms with Crippen LogP contribution in [0.25, 0.3) is 0 Å². The summed E-state index contributed by atoms with van der Waals surface area (Å²) in [6.45, 7) is 4.55. The lowest BCUT2D eigenvalue weighted by molar-refractivity contribution is -0.139. The van der Waals surface area contributed by atoms with Crippen LogP contribution in [0.2, 0.25) is 5.02 Å². The minimum atomic E-state index is -0.659. The Balaban J connectivity index is 2.18. The third-order valence-corrected chi connectivity index (χ3v) is 4.94. The summed E-state index contributed by atoms with van der Waals surface area (Å²) >= 11 is 6.07. The molecule has 0 fully saturated rings. The number of hydrogen-bond acceptors (Lipinski definition) is 2. The molecule has 0 heterocycles. The van der Waals surface area contributed by atoms with Gasteiger partial charge in [-0.1, -0.05) is 54.9 Å². The molecule has 150 valence electrons. The number of carbonyl (C=O) groups is 2. The molecule has 1 unspecified atom stereocenters. The van der Waals surface area contributed by atoms with Gasteiger partial charge < -0.3 is 10.2 Å². The molecule has 0 aromatic heterocycles. The van der Waals surface area contributed by atoms with Crippen LogP contribution < -0.4 is 5.32 Å². The fourth-order valence-electron chi connectivity index (χ4n) is 2.92. The van der Waals surface area contributed by atoms with Crippen molar-refractivity contribution in [2.75, 3.05) is 13.1 Å². The third-order valence-electron chi connectivity index (χ3n) is 4.59. The van der Waals surface area contributed by atoms with Gasteiger partial charge in [0.2, 0.25) is 11.8 Å². The molecule has 1 N–H and O–H groups in total. The number of carbonyl (C=O) groups excluding carboxylic acids is 2. The van der Waals surface area contributed by atoms with Gasteiger partial charge in [0.05, 0.1) is 6.42 Å². The fraction of sp³-hybridized carbons (Fsp3) is 0.364. The molecule has 0 saturated carbocycles. The van der Waals surface area contributed by atoms with Crippen LogP contribution in [0.4, 0.5) is 4.39 Å². The largest absolute Gasteiger partial charge is 0.354 e. The Morgan fingerprint density at radius 1 is 1.14 bits per heavy atom. The Morgan fingerprint density at radius 3 is 2.50 bits per heavy atom. The van der Waals surface area contributed by atoms with E-state index in [-0.39, 0.29) is 28.8 Å². The molecule has 2 aromatic carbocycles. The minimum Gasteiger partial charge on any atom is -0.354 e. The summed E-state index contributed by atoms with van der Waals surface area (Å²) < 4.78 is 14.1. The van der Waals surface area contributed by atoms with Crippen LogP contribution in [0, 0.1) is 5.82 Å². The highest BCUT2D eigenvalue weighted by Gasteiger charge is 2.26. The van der Waals surface area contributed by atoms with E-state index < -0.39 is 11.9 Å². The van der Waals surface area contributed by atoms with Gasteiger partial charge in [0.15, 0.2) is 0 Å². The number of halogens is 2. The molecule has 0 spiro atoms. The lowest BCUT2D eigenvalue weighted by atomic mass is 10.1. The standard InChI is InChI=1S/C22H26ClFN2O2/c1-3-13-25-22(28)16(2)26(14-12-17-8-5-4-6-9-17)21(27)15-18-19(23)10-7-11-20(18)24/h4-11,16H,3,12-15H2,1-2H3,(H,25,28). The quantitative estimate of drug-likeness (QED) is 0.686. The van der Waals surface area contributed by atoms with Crippen molar-refractivity contribution in [3.63, 3.8) is 0 Å². The number of amides is 2. The molecule has 0 aliphatic carbocycles. The average Bonchev–Trinajstić information content (AvgIpc) is 2.69. The molecular weight excluding hydrogens is 379 g/mol. The van der Waals surface area contributed by atoms with E-state index in [9.17, 15) is 14.0 Å². The summed E-state index contributed by atoms with van der Waals surface area (Å²) in [5.74, 6) is -1.07. The van der Waals surface area contributed by atoms with Crippen LogP contribution in [-0.2, 0) is 22.4 Å². The van der Waals surface area contributed by atoms with Crippen molar-refractivity contribution in [2.24, 2.45) is 0 Å². The van der Waals surface area contributed by atoms with Crippen LogP contribution in [-0.4, -0.2) is 35.8 Å². The van der Waals surface area contributed by atoms with Crippen molar-refractivity contribution < 1.29 is 14.0 Å². The van der Waals surface area contributed by atoms with Crippen LogP contribution in [0.1, 0.15) is 31.4 Å². The smallest absolute Gasteiger partial charge is 0.242 e. The van der Waals surface area contributed by atoms with Crippen molar-refractivity contribution in [3.8, 4) is 0 Å². The van der Waals surface area contributed by atoms with Crippen molar-refractivity contribution in [1.82, 2.24) is 10.2 Å². The highest BCUT2D eigenvalue weighted by molar-refractivity contribution is 6.31. The van der Waals surface area contributed by atoms with Crippen LogP contribution >= 0.6 is 11.6 Å². The van der Waals surface area contributed by atoms with Gasteiger partial charge in [-0.15, -0.1) is 0 Å². The summed E-state index contributed by atoms with van der Waals surface area (Å²) in [4.78, 5) is 26.9. The van der Waals surface area contributed by atoms with Gasteiger partial charge >= 0.3 is 0 Å². The molecule has 28 heavy (non-hydrogen) atoms. The molecular formula is C22H26ClFN2O2. The zero-order valence-corrected chi connectivity index (χ0v) is 17.0. The molecule has 0 saturated heterocycles. The Labute approximate surface area is 170 Å². The molecule has 0 radical (unpaired) electrons. The summed E-state index contributed by atoms with van der Waals surface area (Å²) in [6.07, 6.45) is 1.22. The van der Waals surface area contributed by atoms with Gasteiger partial charge in [0.25, 0.3) is 0 Å². The summed E-state index contributed by atoms with van der Waals surface area (Å²) in [7, 11) is 0. The molecule has 4 nitrogen and oxygen atoms in total. The number of nitrogens with zero attached hydrogens (tertiary/aromatic N) is 1. The second-order valence-corrected chi connectivity index (χ2v) is 7.07. The molecule has 2 rings (SSSR count). The number of nitrogens with one attached hydrogen (secondary N) is 1. The van der Waals surface area contributed by atoms with E-state index in [2.05, 4.69) is 5.32 Å². The maximum absolute atomic E-state index is 14.1. The molecule has 1 atom stereocenters. The van der Waals surface area contributed by atoms with E-state index in [0.717, 1.165) is 12.0 Å². The van der Waals surface area contributed by atoms with Crippen molar-refractivity contribution >= 4 is 23.4 Å². The molecule has 0 aliphatic rings. The van der Waals surface area contributed by atoms with Crippen LogP contribution in [0.3, 0.4) is 0 Å². The zero-order chi connectivity index (χ0) is 20.5. The van der Waals surface area contributed by atoms with E-state index in [1.807, 2.05) is 37.3 Å². The first-order valence-corrected chi connectivity index (χ1v) is 9.85. The SMILES string of the molecule is CCCNC(=O)C(C)N(CCc1ccccc1)C(=O)Cc1c(F)cccc1Cl. The van der Waals surface area contributed by atoms with Gasteiger partial charge in [0, 0.05) is 23.7 Å². The minimum absolute atomic E-state index is 0.153. The maximum atomic E-state index is 14.1. The molecule has 6 heteroatoms. The number of rotatable bonds is 9. The van der Waals surface area contributed by atoms with E-state index >= 15 is 0 Å². The Morgan fingerprint density at radius 2 is 1.86 bits per heavy atom. The molecule has 0 bridgehead atoms. The zero-order valence-electron chi connectivity index (χ0n) is 16.3. The number of benzene rings is 2. The highest BCUT2D eigenvalue weighted by atomic mass is 35.5. The molecule has 0 aliphatic heterocycles. The second-order valence-electron chi connectivity index (χ2n) is 6.67. The van der Waals surface area contributed by atoms with Gasteiger partial charge in [-0.05, 0) is 37.5 Å². The van der Waals surface area contributed by atoms with Crippen molar-refractivity contribution in [2.45, 2.75) is 39.2 Å². The summed E-state index contributed by atoms with van der Waals surface area (Å²) in [5, 5.41) is 3.03. The van der Waals surface area contributed by atoms with Crippen molar-refractivity contribution in [1.29, 1.82) is 0 Å². The lowest BCUT2D eigenvalue weighted by Crippen LogP contribution is -2.49. The average molecular weight is 405 g/mol. The first-order chi connectivity index (χ1) is 13.4. The first kappa shape index (κ1) is 21.9. The Hall–Kier alpha value is -2.40. The monoisotopic (exact) mass is 404 g/mol. The third kappa shape index (κ3) is 6.06. The second kappa shape index (κ2) is 10.8. The lowest BCUT2D eigenvalue weighted by Gasteiger charge is -2.29. The molecule has 2 amide bonds. The van der Waals surface area contributed by atoms with Gasteiger partial charge in [0.1, 0.15) is 11.9 Å². The number of hydrogen-bond donors (Lipinski definition) is 1. The fourth-order valence-corrected chi connectivity index (χ4v) is 3.15. The van der Waals surface area contributed by atoms with Gasteiger partial charge in [-0.2, -0.15) is 0 Å². The van der Waals surface area contributed by atoms with Gasteiger partial charge in [-0.25, -0.2) is 4.39 Å². The first-order valence-electron chi connectivity index (χ1n) is 9.48. The van der Waals surface area contributed by atoms with Crippen LogP contribution in [0.15, 0.2) is 48.5 Å². The normalized spacial score (nSPS) is 11.7. The maximum Gasteiger partial charge on any atom is 0.242 e. The Kier molecular flexibility index (Phi) is 8.45. The van der Waals surface area contributed by atoms with Crippen molar-refractivity contribution in [3.05, 3.63) is 70.5 Å². The van der Waals surface area contributed by atoms with E-state index in [0.29, 0.717) is 19.5 Å². The predicted octanol–water partition coefficient (Wildman–Crippen LogP) is 4.01. The van der Waals surface area contributed by atoms with Crippen LogP contribution in [0.5, 0.6) is 0 Å². The van der Waals surface area contributed by atoms with E-state index in [1.54, 1.807) is 13.0 Å². The Bertz CT molecular complexity index is 778. The van der Waals surface area contributed by atoms with E-state index in [1.165, 1.54) is 17.0 Å². The topological polar surface area (TPSA) is 49.4 Å². The summed E-state index contributed by atoms with van der Waals surface area (Å²) in [5.41, 5.74) is 1.21. The highest BCUT2D eigenvalue weighted by Crippen LogP contribution is 2.21. The summed E-state index contributed by atoms with van der Waals surface area (Å²) in [6, 6.07) is 13.4. The molecule has 2 aromatic rings. The van der Waals surface area contributed by atoms with Gasteiger partial charge in [-0.3, -0.25) is 9.59 Å². The predicted molar refractivity (Wildman–Crippen MR) is 110 cm³/mol.